The van der Waals surface area contributed by atoms with Crippen molar-refractivity contribution in [3.63, 3.8) is 0 Å². The number of ether oxygens (including phenoxy) is 2. The Morgan fingerprint density at radius 1 is 1.10 bits per heavy atom. The summed E-state index contributed by atoms with van der Waals surface area (Å²) in [4.78, 5) is 8.36. The van der Waals surface area contributed by atoms with Gasteiger partial charge >= 0.3 is 0 Å². The van der Waals surface area contributed by atoms with Crippen LogP contribution in [0.4, 0.5) is 0 Å². The number of H-pyrrole nitrogens is 1. The topological polar surface area (TPSA) is 67.4 Å². The number of aromatic nitrogens is 2. The average molecular weight is 411 g/mol. The summed E-state index contributed by atoms with van der Waals surface area (Å²) in [6.45, 7) is 1.84. The van der Waals surface area contributed by atoms with Gasteiger partial charge in [-0.1, -0.05) is 72.4 Å². The Bertz CT molecular complexity index is 871. The minimum atomic E-state index is -0.780. The van der Waals surface area contributed by atoms with Gasteiger partial charge in [-0.3, -0.25) is 0 Å². The van der Waals surface area contributed by atoms with Gasteiger partial charge in [0, 0.05) is 36.8 Å². The van der Waals surface area contributed by atoms with Gasteiger partial charge in [-0.05, 0) is 6.92 Å². The Labute approximate surface area is 175 Å². The Hall–Kier alpha value is -2.12. The van der Waals surface area contributed by atoms with Gasteiger partial charge in [-0.2, -0.15) is 0 Å². The number of benzene rings is 2. The molecule has 2 aromatic carbocycles. The highest BCUT2D eigenvalue weighted by atomic mass is 32.2. The molecule has 3 atom stereocenters. The Balaban J connectivity index is 1.56. The van der Waals surface area contributed by atoms with E-state index in [0.717, 1.165) is 27.7 Å². The summed E-state index contributed by atoms with van der Waals surface area (Å²) in [5.41, 5.74) is 3.33. The third-order valence-corrected chi connectivity index (χ3v) is 6.08. The van der Waals surface area contributed by atoms with Crippen molar-refractivity contribution in [1.82, 2.24) is 9.97 Å². The number of methoxy groups -OCH3 is 1. The van der Waals surface area contributed by atoms with E-state index < -0.39 is 5.60 Å². The molecule has 1 aromatic heterocycles. The number of hydrogen-bond donors (Lipinski definition) is 2. The van der Waals surface area contributed by atoms with E-state index in [4.69, 9.17) is 14.5 Å². The largest absolute Gasteiger partial charge is 0.390 e. The summed E-state index contributed by atoms with van der Waals surface area (Å²) in [6.07, 6.45) is 0.596. The number of hydrogen-bond acceptors (Lipinski definition) is 5. The van der Waals surface area contributed by atoms with Crippen LogP contribution in [0.1, 0.15) is 19.8 Å². The number of imidazole rings is 1. The van der Waals surface area contributed by atoms with Crippen LogP contribution >= 0.6 is 11.8 Å². The lowest BCUT2D eigenvalue weighted by molar-refractivity contribution is -0.220. The summed E-state index contributed by atoms with van der Waals surface area (Å²) in [6, 6.07) is 20.4. The third-order valence-electron chi connectivity index (χ3n) is 5.08. The smallest absolute Gasteiger partial charge is 0.166 e. The highest BCUT2D eigenvalue weighted by Gasteiger charge is 2.36. The highest BCUT2D eigenvalue weighted by Crippen LogP contribution is 2.35. The highest BCUT2D eigenvalue weighted by molar-refractivity contribution is 7.99. The minimum Gasteiger partial charge on any atom is -0.390 e. The maximum atomic E-state index is 10.5. The van der Waals surface area contributed by atoms with Crippen molar-refractivity contribution in [3.8, 4) is 22.5 Å². The first-order valence-electron chi connectivity index (χ1n) is 9.78. The van der Waals surface area contributed by atoms with E-state index in [1.165, 1.54) is 0 Å². The van der Waals surface area contributed by atoms with Crippen LogP contribution in [-0.2, 0) is 9.47 Å². The molecular formula is C23H26N2O3S. The molecule has 0 unspecified atom stereocenters. The van der Waals surface area contributed by atoms with Crippen LogP contribution in [0.25, 0.3) is 22.5 Å². The zero-order valence-electron chi connectivity index (χ0n) is 16.7. The SMILES string of the molecule is CO[C@@H]1C[C@@](C)(O)C[C@@H](CSc2nc(-c3ccccc3)c(-c3ccccc3)[nH]2)O1. The molecule has 1 saturated heterocycles. The first-order chi connectivity index (χ1) is 14.0. The molecule has 1 aliphatic heterocycles. The van der Waals surface area contributed by atoms with Crippen LogP contribution in [-0.4, -0.2) is 45.9 Å². The summed E-state index contributed by atoms with van der Waals surface area (Å²) in [7, 11) is 1.61. The maximum absolute atomic E-state index is 10.5. The fraction of sp³-hybridized carbons (Fsp3) is 0.348. The van der Waals surface area contributed by atoms with Crippen molar-refractivity contribution in [2.24, 2.45) is 0 Å². The molecule has 4 rings (SSSR count). The summed E-state index contributed by atoms with van der Waals surface area (Å²) in [5, 5.41) is 11.3. The van der Waals surface area contributed by atoms with E-state index in [1.807, 2.05) is 43.3 Å². The zero-order valence-corrected chi connectivity index (χ0v) is 17.5. The molecule has 2 heterocycles. The van der Waals surface area contributed by atoms with Gasteiger partial charge in [0.05, 0.1) is 23.1 Å². The Morgan fingerprint density at radius 2 is 1.76 bits per heavy atom. The minimum absolute atomic E-state index is 0.0980. The van der Waals surface area contributed by atoms with Crippen molar-refractivity contribution < 1.29 is 14.6 Å². The molecule has 1 aliphatic rings. The fourth-order valence-corrected chi connectivity index (χ4v) is 4.56. The second-order valence-corrected chi connectivity index (χ2v) is 8.65. The van der Waals surface area contributed by atoms with Crippen LogP contribution in [0.2, 0.25) is 0 Å². The number of aromatic amines is 1. The van der Waals surface area contributed by atoms with Crippen LogP contribution in [0.5, 0.6) is 0 Å². The second-order valence-electron chi connectivity index (χ2n) is 7.64. The summed E-state index contributed by atoms with van der Waals surface area (Å²) in [5.74, 6) is 0.686. The number of nitrogens with zero attached hydrogens (tertiary/aromatic N) is 1. The van der Waals surface area contributed by atoms with Crippen LogP contribution in [0.3, 0.4) is 0 Å². The van der Waals surface area contributed by atoms with Gasteiger partial charge in [0.25, 0.3) is 0 Å². The Kier molecular flexibility index (Phi) is 6.06. The molecule has 3 aromatic rings. The Morgan fingerprint density at radius 3 is 2.41 bits per heavy atom. The van der Waals surface area contributed by atoms with Gasteiger partial charge in [-0.25, -0.2) is 4.98 Å². The van der Waals surface area contributed by atoms with E-state index in [2.05, 4.69) is 29.2 Å². The normalized spacial score (nSPS) is 24.5. The summed E-state index contributed by atoms with van der Waals surface area (Å²) < 4.78 is 11.3. The molecule has 0 amide bonds. The first kappa shape index (κ1) is 20.2. The number of aliphatic hydroxyl groups is 1. The molecular weight excluding hydrogens is 384 g/mol. The van der Waals surface area contributed by atoms with E-state index in [-0.39, 0.29) is 12.4 Å². The van der Waals surface area contributed by atoms with Crippen molar-refractivity contribution in [2.45, 2.75) is 42.9 Å². The average Bonchev–Trinajstić information content (AvgIpc) is 3.17. The number of nitrogens with one attached hydrogen (secondary N) is 1. The monoisotopic (exact) mass is 410 g/mol. The molecule has 0 aliphatic carbocycles. The van der Waals surface area contributed by atoms with Gasteiger partial charge in [0.1, 0.15) is 0 Å². The van der Waals surface area contributed by atoms with Crippen LogP contribution < -0.4 is 0 Å². The van der Waals surface area contributed by atoms with Gasteiger partial charge in [0.15, 0.2) is 11.4 Å². The quantitative estimate of drug-likeness (QED) is 0.575. The molecule has 152 valence electrons. The lowest BCUT2D eigenvalue weighted by atomic mass is 9.92. The molecule has 0 spiro atoms. The number of rotatable bonds is 6. The van der Waals surface area contributed by atoms with Crippen molar-refractivity contribution in [2.75, 3.05) is 12.9 Å². The van der Waals surface area contributed by atoms with Gasteiger partial charge in [0.2, 0.25) is 0 Å². The standard InChI is InChI=1S/C23H26N2O3S/c1-23(26)13-18(28-19(14-23)27-2)15-29-22-24-20(16-9-5-3-6-10-16)21(25-22)17-11-7-4-8-12-17/h3-12,18-19,26H,13-15H2,1-2H3,(H,24,25)/t18-,19-,23-/m0/s1. The maximum Gasteiger partial charge on any atom is 0.166 e. The lowest BCUT2D eigenvalue weighted by Crippen LogP contribution is -2.44. The molecule has 5 nitrogen and oxygen atoms in total. The van der Waals surface area contributed by atoms with E-state index in [9.17, 15) is 5.11 Å². The first-order valence-corrected chi connectivity index (χ1v) is 10.8. The third kappa shape index (κ3) is 4.90. The zero-order chi connectivity index (χ0) is 20.3. The lowest BCUT2D eigenvalue weighted by Gasteiger charge is -2.38. The predicted octanol–water partition coefficient (Wildman–Crippen LogP) is 4.74. The molecule has 2 N–H and O–H groups in total. The molecule has 0 radical (unpaired) electrons. The summed E-state index contributed by atoms with van der Waals surface area (Å²) >= 11 is 1.61. The predicted molar refractivity (Wildman–Crippen MR) is 116 cm³/mol. The van der Waals surface area contributed by atoms with Gasteiger partial charge < -0.3 is 19.6 Å². The number of thioether (sulfide) groups is 1. The van der Waals surface area contributed by atoms with Gasteiger partial charge in [-0.15, -0.1) is 0 Å². The second kappa shape index (κ2) is 8.71. The molecule has 29 heavy (non-hydrogen) atoms. The fourth-order valence-electron chi connectivity index (χ4n) is 3.69. The molecule has 0 bridgehead atoms. The van der Waals surface area contributed by atoms with E-state index in [0.29, 0.717) is 18.6 Å². The van der Waals surface area contributed by atoms with Crippen LogP contribution in [0.15, 0.2) is 65.8 Å². The van der Waals surface area contributed by atoms with Crippen molar-refractivity contribution >= 4 is 11.8 Å². The van der Waals surface area contributed by atoms with E-state index >= 15 is 0 Å². The molecule has 1 fully saturated rings. The van der Waals surface area contributed by atoms with Crippen LogP contribution in [0, 0.1) is 0 Å². The van der Waals surface area contributed by atoms with E-state index in [1.54, 1.807) is 18.9 Å². The van der Waals surface area contributed by atoms with Crippen molar-refractivity contribution in [1.29, 1.82) is 0 Å². The van der Waals surface area contributed by atoms with Crippen molar-refractivity contribution in [3.05, 3.63) is 60.7 Å². The molecule has 6 heteroatoms. The molecule has 0 saturated carbocycles.